The standard InChI is InChI=1S/C15H22O2/c1-12-6-2-4-8-14(12)17-15-9-5-3-7-13(15)10-11-16/h3,5,7,9,12,14,16H,2,4,6,8,10-11H2,1H3/t12-,14+/m1/s1. The minimum atomic E-state index is 0.181. The first-order chi connectivity index (χ1) is 8.31. The van der Waals surface area contributed by atoms with Gasteiger partial charge in [0, 0.05) is 6.61 Å². The van der Waals surface area contributed by atoms with Crippen molar-refractivity contribution in [3.63, 3.8) is 0 Å². The Bertz CT molecular complexity index is 349. The Kier molecular flexibility index (Phi) is 4.43. The summed E-state index contributed by atoms with van der Waals surface area (Å²) >= 11 is 0. The molecule has 0 unspecified atom stereocenters. The van der Waals surface area contributed by atoms with Crippen LogP contribution in [-0.4, -0.2) is 17.8 Å². The fraction of sp³-hybridized carbons (Fsp3) is 0.600. The van der Waals surface area contributed by atoms with E-state index < -0.39 is 0 Å². The van der Waals surface area contributed by atoms with E-state index >= 15 is 0 Å². The lowest BCUT2D eigenvalue weighted by Crippen LogP contribution is -2.28. The molecule has 1 saturated carbocycles. The van der Waals surface area contributed by atoms with E-state index in [2.05, 4.69) is 6.92 Å². The second kappa shape index (κ2) is 6.06. The average molecular weight is 234 g/mol. The summed E-state index contributed by atoms with van der Waals surface area (Å²) in [5.74, 6) is 1.60. The topological polar surface area (TPSA) is 29.5 Å². The minimum Gasteiger partial charge on any atom is -0.490 e. The highest BCUT2D eigenvalue weighted by molar-refractivity contribution is 5.33. The molecule has 2 atom stereocenters. The van der Waals surface area contributed by atoms with Crippen LogP contribution < -0.4 is 4.74 Å². The molecule has 1 aromatic rings. The second-order valence-electron chi connectivity index (χ2n) is 5.00. The molecular weight excluding hydrogens is 212 g/mol. The summed E-state index contributed by atoms with van der Waals surface area (Å²) in [5, 5.41) is 9.05. The van der Waals surface area contributed by atoms with E-state index in [0.29, 0.717) is 18.4 Å². The molecule has 1 fully saturated rings. The van der Waals surface area contributed by atoms with Gasteiger partial charge in [0.25, 0.3) is 0 Å². The van der Waals surface area contributed by atoms with Gasteiger partial charge in [0.15, 0.2) is 0 Å². The van der Waals surface area contributed by atoms with Gasteiger partial charge in [-0.25, -0.2) is 0 Å². The van der Waals surface area contributed by atoms with E-state index in [1.54, 1.807) is 0 Å². The molecule has 1 aliphatic carbocycles. The molecular formula is C15H22O2. The van der Waals surface area contributed by atoms with Crippen LogP contribution >= 0.6 is 0 Å². The van der Waals surface area contributed by atoms with Gasteiger partial charge >= 0.3 is 0 Å². The molecule has 17 heavy (non-hydrogen) atoms. The Morgan fingerprint density at radius 1 is 1.24 bits per heavy atom. The highest BCUT2D eigenvalue weighted by atomic mass is 16.5. The Morgan fingerprint density at radius 3 is 2.76 bits per heavy atom. The molecule has 2 rings (SSSR count). The summed E-state index contributed by atoms with van der Waals surface area (Å²) in [6.07, 6.45) is 6.07. The molecule has 0 radical (unpaired) electrons. The summed E-state index contributed by atoms with van der Waals surface area (Å²) in [4.78, 5) is 0. The van der Waals surface area contributed by atoms with Gasteiger partial charge in [0.2, 0.25) is 0 Å². The van der Waals surface area contributed by atoms with E-state index in [1.165, 1.54) is 19.3 Å². The van der Waals surface area contributed by atoms with Crippen LogP contribution in [-0.2, 0) is 6.42 Å². The quantitative estimate of drug-likeness (QED) is 0.867. The SMILES string of the molecule is C[C@@H]1CCCC[C@@H]1Oc1ccccc1CCO. The molecule has 0 bridgehead atoms. The molecule has 0 spiro atoms. The smallest absolute Gasteiger partial charge is 0.123 e. The van der Waals surface area contributed by atoms with Crippen molar-refractivity contribution in [2.24, 2.45) is 5.92 Å². The number of aliphatic hydroxyl groups excluding tert-OH is 1. The van der Waals surface area contributed by atoms with E-state index in [0.717, 1.165) is 17.7 Å². The van der Waals surface area contributed by atoms with Gasteiger partial charge in [-0.05, 0) is 43.2 Å². The van der Waals surface area contributed by atoms with Crippen LogP contribution in [0.5, 0.6) is 5.75 Å². The monoisotopic (exact) mass is 234 g/mol. The van der Waals surface area contributed by atoms with E-state index in [1.807, 2.05) is 24.3 Å². The predicted octanol–water partition coefficient (Wildman–Crippen LogP) is 3.18. The maximum Gasteiger partial charge on any atom is 0.123 e. The van der Waals surface area contributed by atoms with Crippen LogP contribution in [0, 0.1) is 5.92 Å². The van der Waals surface area contributed by atoms with Gasteiger partial charge in [0.05, 0.1) is 0 Å². The van der Waals surface area contributed by atoms with Crippen molar-refractivity contribution in [3.05, 3.63) is 29.8 Å². The first-order valence-electron chi connectivity index (χ1n) is 6.66. The third-order valence-electron chi connectivity index (χ3n) is 3.66. The van der Waals surface area contributed by atoms with Crippen LogP contribution in [0.2, 0.25) is 0 Å². The number of hydrogen-bond donors (Lipinski definition) is 1. The van der Waals surface area contributed by atoms with Crippen molar-refractivity contribution in [3.8, 4) is 5.75 Å². The summed E-state index contributed by atoms with van der Waals surface area (Å²) < 4.78 is 6.14. The van der Waals surface area contributed by atoms with E-state index in [4.69, 9.17) is 9.84 Å². The first-order valence-corrected chi connectivity index (χ1v) is 6.66. The lowest BCUT2D eigenvalue weighted by atomic mass is 9.88. The molecule has 1 aliphatic rings. The van der Waals surface area contributed by atoms with Gasteiger partial charge in [-0.1, -0.05) is 31.5 Å². The molecule has 0 aliphatic heterocycles. The number of rotatable bonds is 4. The van der Waals surface area contributed by atoms with Crippen molar-refractivity contribution in [1.82, 2.24) is 0 Å². The maximum absolute atomic E-state index is 9.05. The number of hydrogen-bond acceptors (Lipinski definition) is 2. The fourth-order valence-electron chi connectivity index (χ4n) is 2.57. The van der Waals surface area contributed by atoms with Crippen molar-refractivity contribution in [2.75, 3.05) is 6.61 Å². The summed E-state index contributed by atoms with van der Waals surface area (Å²) in [6, 6.07) is 8.07. The number of aliphatic hydroxyl groups is 1. The predicted molar refractivity (Wildman–Crippen MR) is 69.3 cm³/mol. The second-order valence-corrected chi connectivity index (χ2v) is 5.00. The zero-order valence-electron chi connectivity index (χ0n) is 10.6. The fourth-order valence-corrected chi connectivity index (χ4v) is 2.57. The Hall–Kier alpha value is -1.02. The summed E-state index contributed by atoms with van der Waals surface area (Å²) in [7, 11) is 0. The van der Waals surface area contributed by atoms with Gasteiger partial charge in [0.1, 0.15) is 11.9 Å². The summed E-state index contributed by atoms with van der Waals surface area (Å²) in [6.45, 7) is 2.46. The Balaban J connectivity index is 2.06. The highest BCUT2D eigenvalue weighted by Gasteiger charge is 2.23. The number of ether oxygens (including phenoxy) is 1. The number of benzene rings is 1. The van der Waals surface area contributed by atoms with Crippen molar-refractivity contribution in [1.29, 1.82) is 0 Å². The van der Waals surface area contributed by atoms with Gasteiger partial charge < -0.3 is 9.84 Å². The highest BCUT2D eigenvalue weighted by Crippen LogP contribution is 2.29. The molecule has 0 aromatic heterocycles. The van der Waals surface area contributed by atoms with Crippen molar-refractivity contribution >= 4 is 0 Å². The van der Waals surface area contributed by atoms with Gasteiger partial charge in [-0.2, -0.15) is 0 Å². The molecule has 0 saturated heterocycles. The average Bonchev–Trinajstić information content (AvgIpc) is 2.35. The largest absolute Gasteiger partial charge is 0.490 e. The third kappa shape index (κ3) is 3.22. The Labute approximate surface area is 104 Å². The normalized spacial score (nSPS) is 24.6. The third-order valence-corrected chi connectivity index (χ3v) is 3.66. The Morgan fingerprint density at radius 2 is 2.00 bits per heavy atom. The zero-order chi connectivity index (χ0) is 12.1. The number of para-hydroxylation sites is 1. The van der Waals surface area contributed by atoms with Gasteiger partial charge in [-0.3, -0.25) is 0 Å². The molecule has 0 amide bonds. The van der Waals surface area contributed by atoms with Crippen LogP contribution in [0.1, 0.15) is 38.2 Å². The van der Waals surface area contributed by atoms with Crippen LogP contribution in [0.15, 0.2) is 24.3 Å². The maximum atomic E-state index is 9.05. The van der Waals surface area contributed by atoms with E-state index in [9.17, 15) is 0 Å². The lowest BCUT2D eigenvalue weighted by Gasteiger charge is -2.30. The van der Waals surface area contributed by atoms with Crippen molar-refractivity contribution in [2.45, 2.75) is 45.1 Å². The van der Waals surface area contributed by atoms with Gasteiger partial charge in [-0.15, -0.1) is 0 Å². The van der Waals surface area contributed by atoms with Crippen LogP contribution in [0.4, 0.5) is 0 Å². The first kappa shape index (κ1) is 12.4. The molecule has 1 aromatic carbocycles. The molecule has 94 valence electrons. The zero-order valence-corrected chi connectivity index (χ0v) is 10.6. The lowest BCUT2D eigenvalue weighted by molar-refractivity contribution is 0.101. The summed E-state index contributed by atoms with van der Waals surface area (Å²) in [5.41, 5.74) is 1.12. The minimum absolute atomic E-state index is 0.181. The molecule has 2 heteroatoms. The molecule has 0 heterocycles. The van der Waals surface area contributed by atoms with Crippen LogP contribution in [0.3, 0.4) is 0 Å². The van der Waals surface area contributed by atoms with Crippen LogP contribution in [0.25, 0.3) is 0 Å². The molecule has 1 N–H and O–H groups in total. The van der Waals surface area contributed by atoms with E-state index in [-0.39, 0.29) is 6.61 Å². The van der Waals surface area contributed by atoms with Crippen molar-refractivity contribution < 1.29 is 9.84 Å². The molecule has 2 nitrogen and oxygen atoms in total.